The summed E-state index contributed by atoms with van der Waals surface area (Å²) >= 11 is 0. The summed E-state index contributed by atoms with van der Waals surface area (Å²) < 4.78 is 4.92. The van der Waals surface area contributed by atoms with E-state index in [1.807, 2.05) is 0 Å². The van der Waals surface area contributed by atoms with Gasteiger partial charge in [-0.3, -0.25) is 0 Å². The number of carboxylic acid groups (broad SMARTS) is 1. The normalized spacial score (nSPS) is 10.3. The fourth-order valence-electron chi connectivity index (χ4n) is 1.03. The molecule has 0 saturated carbocycles. The number of carboxylic acids is 1. The molecule has 0 aliphatic heterocycles. The summed E-state index contributed by atoms with van der Waals surface area (Å²) in [4.78, 5) is 10.5. The smallest absolute Gasteiger partial charge is 0.335 e. The number of rotatable bonds is 1. The highest BCUT2D eigenvalue weighted by Gasteiger charge is 2.04. The Bertz CT molecular complexity index is 428. The number of furan rings is 1. The lowest BCUT2D eigenvalue weighted by atomic mass is 10.2. The van der Waals surface area contributed by atoms with Gasteiger partial charge in [0, 0.05) is 5.39 Å². The summed E-state index contributed by atoms with van der Waals surface area (Å²) in [5.74, 6) is -0.951. The van der Waals surface area contributed by atoms with Crippen molar-refractivity contribution in [3.05, 3.63) is 36.1 Å². The summed E-state index contributed by atoms with van der Waals surface area (Å²) in [7, 11) is 0. The lowest BCUT2D eigenvalue weighted by Gasteiger charge is -1.92. The predicted octanol–water partition coefficient (Wildman–Crippen LogP) is 1.93. The molecule has 12 heavy (non-hydrogen) atoms. The van der Waals surface area contributed by atoms with Crippen LogP contribution in [0.3, 0.4) is 0 Å². The van der Waals surface area contributed by atoms with Crippen molar-refractivity contribution in [2.75, 3.05) is 0 Å². The SMILES string of the molecule is O=C(O)c1ccc2c[c]oc2c1. The molecule has 2 rings (SSSR count). The third kappa shape index (κ3) is 0.955. The van der Waals surface area contributed by atoms with E-state index in [0.29, 0.717) is 5.58 Å². The Kier molecular flexibility index (Phi) is 1.37. The molecule has 0 unspecified atom stereocenters. The molecule has 0 atom stereocenters. The number of aromatic carboxylic acids is 1. The van der Waals surface area contributed by atoms with Crippen LogP contribution in [0.25, 0.3) is 11.0 Å². The molecule has 1 aromatic heterocycles. The van der Waals surface area contributed by atoms with Gasteiger partial charge in [0.1, 0.15) is 5.58 Å². The van der Waals surface area contributed by atoms with E-state index in [1.54, 1.807) is 12.1 Å². The molecule has 1 aromatic carbocycles. The molecule has 0 aliphatic carbocycles. The highest BCUT2D eigenvalue weighted by Crippen LogP contribution is 2.16. The van der Waals surface area contributed by atoms with Crippen LogP contribution in [0, 0.1) is 6.26 Å². The van der Waals surface area contributed by atoms with Crippen LogP contribution in [0.4, 0.5) is 0 Å². The number of hydrogen-bond acceptors (Lipinski definition) is 2. The van der Waals surface area contributed by atoms with Crippen molar-refractivity contribution < 1.29 is 14.3 Å². The lowest BCUT2D eigenvalue weighted by molar-refractivity contribution is 0.0697. The zero-order chi connectivity index (χ0) is 8.55. The Morgan fingerprint density at radius 2 is 2.33 bits per heavy atom. The molecule has 3 nitrogen and oxygen atoms in total. The maximum Gasteiger partial charge on any atom is 0.335 e. The van der Waals surface area contributed by atoms with Crippen LogP contribution in [-0.4, -0.2) is 11.1 Å². The summed E-state index contributed by atoms with van der Waals surface area (Å²) in [6.45, 7) is 0. The molecule has 3 heteroatoms. The number of carbonyl (C=O) groups is 1. The van der Waals surface area contributed by atoms with Crippen molar-refractivity contribution in [3.63, 3.8) is 0 Å². The van der Waals surface area contributed by atoms with Gasteiger partial charge in [-0.2, -0.15) is 0 Å². The van der Waals surface area contributed by atoms with Gasteiger partial charge in [-0.25, -0.2) is 4.79 Å². The van der Waals surface area contributed by atoms with Gasteiger partial charge in [-0.1, -0.05) is 6.07 Å². The van der Waals surface area contributed by atoms with Gasteiger partial charge < -0.3 is 9.52 Å². The second-order valence-corrected chi connectivity index (χ2v) is 2.42. The molecular formula is C9H5O3. The molecule has 1 heterocycles. The van der Waals surface area contributed by atoms with Crippen LogP contribution in [0.1, 0.15) is 10.4 Å². The van der Waals surface area contributed by atoms with E-state index < -0.39 is 5.97 Å². The summed E-state index contributed by atoms with van der Waals surface area (Å²) in [6.07, 6.45) is 2.54. The molecule has 59 valence electrons. The van der Waals surface area contributed by atoms with E-state index in [9.17, 15) is 4.79 Å². The first-order chi connectivity index (χ1) is 5.77. The van der Waals surface area contributed by atoms with Crippen LogP contribution in [-0.2, 0) is 0 Å². The third-order valence-electron chi connectivity index (χ3n) is 1.64. The second-order valence-electron chi connectivity index (χ2n) is 2.42. The number of fused-ring (bicyclic) bond motifs is 1. The molecule has 0 amide bonds. The minimum atomic E-state index is -0.951. The first-order valence-electron chi connectivity index (χ1n) is 3.40. The number of hydrogen-bond donors (Lipinski definition) is 1. The van der Waals surface area contributed by atoms with Crippen molar-refractivity contribution in [1.29, 1.82) is 0 Å². The number of benzene rings is 1. The summed E-state index contributed by atoms with van der Waals surface area (Å²) in [6, 6.07) is 6.38. The first-order valence-corrected chi connectivity index (χ1v) is 3.40. The Morgan fingerprint density at radius 1 is 1.50 bits per heavy atom. The molecule has 0 saturated heterocycles. The van der Waals surface area contributed by atoms with Gasteiger partial charge in [0.05, 0.1) is 5.56 Å². The van der Waals surface area contributed by atoms with E-state index in [1.165, 1.54) is 12.1 Å². The summed E-state index contributed by atoms with van der Waals surface area (Å²) in [5, 5.41) is 9.49. The van der Waals surface area contributed by atoms with Gasteiger partial charge >= 0.3 is 5.97 Å². The second kappa shape index (κ2) is 2.37. The van der Waals surface area contributed by atoms with Crippen molar-refractivity contribution in [2.45, 2.75) is 0 Å². The van der Waals surface area contributed by atoms with E-state index in [4.69, 9.17) is 9.52 Å². The quantitative estimate of drug-likeness (QED) is 0.695. The van der Waals surface area contributed by atoms with Gasteiger partial charge in [0.25, 0.3) is 0 Å². The highest BCUT2D eigenvalue weighted by molar-refractivity contribution is 5.92. The van der Waals surface area contributed by atoms with Crippen LogP contribution < -0.4 is 0 Å². The monoisotopic (exact) mass is 161 g/mol. The van der Waals surface area contributed by atoms with E-state index in [0.717, 1.165) is 5.39 Å². The molecule has 0 spiro atoms. The van der Waals surface area contributed by atoms with Gasteiger partial charge in [0.2, 0.25) is 0 Å². The minimum absolute atomic E-state index is 0.228. The topological polar surface area (TPSA) is 50.4 Å². The van der Waals surface area contributed by atoms with Crippen molar-refractivity contribution in [2.24, 2.45) is 0 Å². The average molecular weight is 161 g/mol. The third-order valence-corrected chi connectivity index (χ3v) is 1.64. The zero-order valence-corrected chi connectivity index (χ0v) is 6.07. The Balaban J connectivity index is 2.68. The molecule has 0 aliphatic rings. The molecular weight excluding hydrogens is 156 g/mol. The molecule has 0 bridgehead atoms. The van der Waals surface area contributed by atoms with Crippen molar-refractivity contribution >= 4 is 16.9 Å². The van der Waals surface area contributed by atoms with Gasteiger partial charge in [-0.15, -0.1) is 0 Å². The Hall–Kier alpha value is -1.77. The van der Waals surface area contributed by atoms with Gasteiger partial charge in [0.15, 0.2) is 6.26 Å². The molecule has 1 N–H and O–H groups in total. The first kappa shape index (κ1) is 6.91. The Labute approximate surface area is 68.2 Å². The van der Waals surface area contributed by atoms with Crippen LogP contribution in [0.2, 0.25) is 0 Å². The van der Waals surface area contributed by atoms with E-state index in [2.05, 4.69) is 6.26 Å². The predicted molar refractivity (Wildman–Crippen MR) is 42.0 cm³/mol. The fourth-order valence-corrected chi connectivity index (χ4v) is 1.03. The molecule has 2 aromatic rings. The lowest BCUT2D eigenvalue weighted by Crippen LogP contribution is -1.94. The molecule has 1 radical (unpaired) electrons. The average Bonchev–Trinajstić information content (AvgIpc) is 2.49. The zero-order valence-electron chi connectivity index (χ0n) is 6.07. The minimum Gasteiger partial charge on any atom is -0.478 e. The van der Waals surface area contributed by atoms with Crippen LogP contribution >= 0.6 is 0 Å². The van der Waals surface area contributed by atoms with Crippen LogP contribution in [0.5, 0.6) is 0 Å². The van der Waals surface area contributed by atoms with Gasteiger partial charge in [-0.05, 0) is 18.2 Å². The Morgan fingerprint density at radius 3 is 3.08 bits per heavy atom. The van der Waals surface area contributed by atoms with E-state index in [-0.39, 0.29) is 5.56 Å². The summed E-state index contributed by atoms with van der Waals surface area (Å²) in [5.41, 5.74) is 0.778. The van der Waals surface area contributed by atoms with E-state index >= 15 is 0 Å². The fraction of sp³-hybridized carbons (Fsp3) is 0. The largest absolute Gasteiger partial charge is 0.478 e. The van der Waals surface area contributed by atoms with Crippen molar-refractivity contribution in [1.82, 2.24) is 0 Å². The standard InChI is InChI=1S/C9H5O3/c10-9(11)7-2-1-6-3-4-12-8(6)5-7/h1-3,5H,(H,10,11). The molecule has 0 fully saturated rings. The van der Waals surface area contributed by atoms with Crippen molar-refractivity contribution in [3.8, 4) is 0 Å². The maximum absolute atomic E-state index is 10.5. The van der Waals surface area contributed by atoms with Crippen LogP contribution in [0.15, 0.2) is 28.7 Å². The maximum atomic E-state index is 10.5. The highest BCUT2D eigenvalue weighted by atomic mass is 16.4.